The second kappa shape index (κ2) is 1.88. The van der Waals surface area contributed by atoms with Gasteiger partial charge in [0.05, 0.1) is 18.0 Å². The van der Waals surface area contributed by atoms with E-state index in [1.165, 1.54) is 0 Å². The molecule has 2 heterocycles. The second-order valence-corrected chi connectivity index (χ2v) is 2.77. The highest BCUT2D eigenvalue weighted by Crippen LogP contribution is 2.21. The summed E-state index contributed by atoms with van der Waals surface area (Å²) in [6, 6.07) is 5.95. The average molecular weight is 158 g/mol. The van der Waals surface area contributed by atoms with Crippen molar-refractivity contribution in [1.29, 1.82) is 0 Å². The van der Waals surface area contributed by atoms with Crippen LogP contribution in [-0.4, -0.2) is 10.2 Å². The number of hydrogen-bond donors (Lipinski definition) is 1. The third-order valence-electron chi connectivity index (χ3n) is 2.01. The molecule has 3 nitrogen and oxygen atoms in total. The molecule has 0 aliphatic rings. The van der Waals surface area contributed by atoms with Crippen molar-refractivity contribution in [1.82, 2.24) is 10.2 Å². The van der Waals surface area contributed by atoms with Crippen molar-refractivity contribution in [2.24, 2.45) is 0 Å². The predicted molar refractivity (Wildman–Crippen MR) is 45.9 cm³/mol. The minimum Gasteiger partial charge on any atom is -0.464 e. The van der Waals surface area contributed by atoms with Crippen LogP contribution in [0.1, 0.15) is 0 Å². The smallest absolute Gasteiger partial charge is 0.134 e. The van der Waals surface area contributed by atoms with E-state index in [-0.39, 0.29) is 0 Å². The normalized spacial score (nSPS) is 11.3. The van der Waals surface area contributed by atoms with Crippen molar-refractivity contribution in [3.63, 3.8) is 0 Å². The number of fused-ring (bicyclic) bond motifs is 2. The van der Waals surface area contributed by atoms with E-state index in [1.54, 1.807) is 12.5 Å². The fraction of sp³-hybridized carbons (Fsp3) is 0. The van der Waals surface area contributed by atoms with Crippen molar-refractivity contribution in [2.45, 2.75) is 0 Å². The number of H-pyrrole nitrogens is 1. The van der Waals surface area contributed by atoms with Crippen LogP contribution in [0.15, 0.2) is 35.1 Å². The monoisotopic (exact) mass is 158 g/mol. The number of aromatic amines is 1. The molecule has 1 aromatic carbocycles. The van der Waals surface area contributed by atoms with Gasteiger partial charge in [0.1, 0.15) is 5.58 Å². The summed E-state index contributed by atoms with van der Waals surface area (Å²) >= 11 is 0. The lowest BCUT2D eigenvalue weighted by molar-refractivity contribution is 0.616. The lowest BCUT2D eigenvalue weighted by Crippen LogP contribution is -1.67. The number of rotatable bonds is 0. The molecule has 12 heavy (non-hydrogen) atoms. The first kappa shape index (κ1) is 5.83. The molecule has 0 unspecified atom stereocenters. The van der Waals surface area contributed by atoms with Gasteiger partial charge in [-0.1, -0.05) is 0 Å². The summed E-state index contributed by atoms with van der Waals surface area (Å²) < 4.78 is 5.25. The third-order valence-corrected chi connectivity index (χ3v) is 2.01. The molecule has 0 radical (unpaired) electrons. The molecule has 0 amide bonds. The molecule has 0 saturated heterocycles. The van der Waals surface area contributed by atoms with Crippen LogP contribution in [0.25, 0.3) is 21.9 Å². The summed E-state index contributed by atoms with van der Waals surface area (Å²) in [5.41, 5.74) is 1.95. The quantitative estimate of drug-likeness (QED) is 0.545. The summed E-state index contributed by atoms with van der Waals surface area (Å²) in [5, 5.41) is 9.03. The van der Waals surface area contributed by atoms with Crippen LogP contribution in [0.2, 0.25) is 0 Å². The van der Waals surface area contributed by atoms with Gasteiger partial charge in [-0.2, -0.15) is 5.10 Å². The second-order valence-electron chi connectivity index (χ2n) is 2.77. The highest BCUT2D eigenvalue weighted by molar-refractivity contribution is 5.93. The van der Waals surface area contributed by atoms with Crippen molar-refractivity contribution in [3.8, 4) is 0 Å². The van der Waals surface area contributed by atoms with Gasteiger partial charge in [-0.05, 0) is 18.2 Å². The van der Waals surface area contributed by atoms with Crippen molar-refractivity contribution in [2.75, 3.05) is 0 Å². The summed E-state index contributed by atoms with van der Waals surface area (Å²) in [5.74, 6) is 0. The Kier molecular flexibility index (Phi) is 0.913. The summed E-state index contributed by atoms with van der Waals surface area (Å²) in [7, 11) is 0. The van der Waals surface area contributed by atoms with E-state index >= 15 is 0 Å². The maximum Gasteiger partial charge on any atom is 0.134 e. The van der Waals surface area contributed by atoms with Gasteiger partial charge in [0.2, 0.25) is 0 Å². The highest BCUT2D eigenvalue weighted by Gasteiger charge is 2.00. The Balaban J connectivity index is 2.62. The zero-order chi connectivity index (χ0) is 7.97. The highest BCUT2D eigenvalue weighted by atomic mass is 16.3. The standard InChI is InChI=1S/C9H6N2O/c1-2-12-9-4-7-5-10-11-8(7)3-6(1)9/h1-5H,(H,10,11). The molecule has 0 aliphatic heterocycles. The molecule has 0 atom stereocenters. The zero-order valence-electron chi connectivity index (χ0n) is 6.24. The molecular weight excluding hydrogens is 152 g/mol. The molecule has 0 fully saturated rings. The fourth-order valence-corrected chi connectivity index (χ4v) is 1.40. The number of furan rings is 1. The van der Waals surface area contributed by atoms with Crippen molar-refractivity contribution >= 4 is 21.9 Å². The first-order valence-corrected chi connectivity index (χ1v) is 3.74. The molecule has 0 aliphatic carbocycles. The van der Waals surface area contributed by atoms with E-state index in [9.17, 15) is 0 Å². The number of nitrogens with one attached hydrogen (secondary N) is 1. The van der Waals surface area contributed by atoms with Crippen LogP contribution in [-0.2, 0) is 0 Å². The molecule has 0 spiro atoms. The SMILES string of the molecule is c1cc2cc3[nH]ncc3cc2o1. The van der Waals surface area contributed by atoms with E-state index in [1.807, 2.05) is 18.2 Å². The Morgan fingerprint density at radius 1 is 1.25 bits per heavy atom. The van der Waals surface area contributed by atoms with Gasteiger partial charge in [-0.15, -0.1) is 0 Å². The van der Waals surface area contributed by atoms with E-state index in [2.05, 4.69) is 10.2 Å². The van der Waals surface area contributed by atoms with Gasteiger partial charge in [-0.3, -0.25) is 5.10 Å². The van der Waals surface area contributed by atoms with Gasteiger partial charge in [0.15, 0.2) is 0 Å². The summed E-state index contributed by atoms with van der Waals surface area (Å²) in [4.78, 5) is 0. The van der Waals surface area contributed by atoms with Crippen LogP contribution in [0, 0.1) is 0 Å². The minimum absolute atomic E-state index is 0.906. The molecule has 3 aromatic rings. The summed E-state index contributed by atoms with van der Waals surface area (Å²) in [6.07, 6.45) is 3.48. The van der Waals surface area contributed by atoms with Gasteiger partial charge < -0.3 is 4.42 Å². The number of hydrogen-bond acceptors (Lipinski definition) is 2. The average Bonchev–Trinajstić information content (AvgIpc) is 2.64. The maximum absolute atomic E-state index is 5.25. The molecule has 2 aromatic heterocycles. The van der Waals surface area contributed by atoms with Crippen LogP contribution in [0.4, 0.5) is 0 Å². The fourth-order valence-electron chi connectivity index (χ4n) is 1.40. The van der Waals surface area contributed by atoms with Crippen LogP contribution < -0.4 is 0 Å². The Hall–Kier alpha value is -1.77. The van der Waals surface area contributed by atoms with Crippen LogP contribution in [0.5, 0.6) is 0 Å². The van der Waals surface area contributed by atoms with Crippen molar-refractivity contribution < 1.29 is 4.42 Å². The molecule has 3 heteroatoms. The minimum atomic E-state index is 0.906. The van der Waals surface area contributed by atoms with E-state index in [4.69, 9.17) is 4.42 Å². The number of aromatic nitrogens is 2. The Labute approximate surface area is 68.0 Å². The zero-order valence-corrected chi connectivity index (χ0v) is 6.24. The van der Waals surface area contributed by atoms with Crippen molar-refractivity contribution in [3.05, 3.63) is 30.7 Å². The number of benzene rings is 1. The number of nitrogens with zero attached hydrogens (tertiary/aromatic N) is 1. The lowest BCUT2D eigenvalue weighted by atomic mass is 10.2. The Bertz CT molecular complexity index is 444. The molecule has 0 bridgehead atoms. The third kappa shape index (κ3) is 0.625. The van der Waals surface area contributed by atoms with Gasteiger partial charge >= 0.3 is 0 Å². The molecule has 3 rings (SSSR count). The predicted octanol–water partition coefficient (Wildman–Crippen LogP) is 2.31. The summed E-state index contributed by atoms with van der Waals surface area (Å²) in [6.45, 7) is 0. The first-order chi connectivity index (χ1) is 5.93. The Morgan fingerprint density at radius 2 is 2.25 bits per heavy atom. The largest absolute Gasteiger partial charge is 0.464 e. The molecule has 1 N–H and O–H groups in total. The molecule has 58 valence electrons. The van der Waals surface area contributed by atoms with Crippen LogP contribution >= 0.6 is 0 Å². The van der Waals surface area contributed by atoms with Crippen LogP contribution in [0.3, 0.4) is 0 Å². The maximum atomic E-state index is 5.25. The lowest BCUT2D eigenvalue weighted by Gasteiger charge is -1.87. The molecular formula is C9H6N2O. The Morgan fingerprint density at radius 3 is 3.25 bits per heavy atom. The van der Waals surface area contributed by atoms with E-state index < -0.39 is 0 Å². The first-order valence-electron chi connectivity index (χ1n) is 3.74. The van der Waals surface area contributed by atoms with Gasteiger partial charge in [-0.25, -0.2) is 0 Å². The topological polar surface area (TPSA) is 41.8 Å². The van der Waals surface area contributed by atoms with E-state index in [0.29, 0.717) is 0 Å². The van der Waals surface area contributed by atoms with Gasteiger partial charge in [0.25, 0.3) is 0 Å². The van der Waals surface area contributed by atoms with Gasteiger partial charge in [0, 0.05) is 10.8 Å². The molecule has 0 saturated carbocycles. The van der Waals surface area contributed by atoms with E-state index in [0.717, 1.165) is 21.9 Å².